The van der Waals surface area contributed by atoms with Crippen molar-refractivity contribution in [3.8, 4) is 5.75 Å². The molecule has 0 radical (unpaired) electrons. The van der Waals surface area contributed by atoms with Crippen LogP contribution in [0.5, 0.6) is 5.75 Å². The van der Waals surface area contributed by atoms with Crippen LogP contribution in [0.15, 0.2) is 42.5 Å². The summed E-state index contributed by atoms with van der Waals surface area (Å²) < 4.78 is 5.30. The third-order valence-electron chi connectivity index (χ3n) is 5.59. The Hall–Kier alpha value is -2.53. The highest BCUT2D eigenvalue weighted by atomic mass is 16.5. The second kappa shape index (κ2) is 10.3. The molecule has 1 aliphatic heterocycles. The number of urea groups is 1. The second-order valence-electron chi connectivity index (χ2n) is 8.10. The second-order valence-corrected chi connectivity index (χ2v) is 8.10. The van der Waals surface area contributed by atoms with Gasteiger partial charge in [-0.3, -0.25) is 0 Å². The van der Waals surface area contributed by atoms with Gasteiger partial charge < -0.3 is 20.3 Å². The molecule has 0 atom stereocenters. The van der Waals surface area contributed by atoms with E-state index in [0.717, 1.165) is 68.0 Å². The third kappa shape index (κ3) is 6.79. The summed E-state index contributed by atoms with van der Waals surface area (Å²) >= 11 is 0. The zero-order chi connectivity index (χ0) is 20.6. The standard InChI is InChI=1S/C24H33N3O2/c1-18-13-19(2)15-22(14-18)26-24(28)25-17-21-8-11-27(12-9-21)10-7-20-5-4-6-23(16-20)29-3/h4-6,13-16,21H,7-12,17H2,1-3H3,(H2,25,26,28). The fourth-order valence-electron chi connectivity index (χ4n) is 3.99. The minimum Gasteiger partial charge on any atom is -0.497 e. The monoisotopic (exact) mass is 395 g/mol. The molecule has 1 fully saturated rings. The van der Waals surface area contributed by atoms with Crippen LogP contribution in [-0.4, -0.2) is 44.2 Å². The molecular weight excluding hydrogens is 362 g/mol. The van der Waals surface area contributed by atoms with Crippen molar-refractivity contribution in [2.45, 2.75) is 33.1 Å². The largest absolute Gasteiger partial charge is 0.497 e. The zero-order valence-corrected chi connectivity index (χ0v) is 17.8. The van der Waals surface area contributed by atoms with Crippen molar-refractivity contribution in [2.24, 2.45) is 5.92 Å². The summed E-state index contributed by atoms with van der Waals surface area (Å²) in [5, 5.41) is 5.99. The number of likely N-dealkylation sites (tertiary alicyclic amines) is 1. The fraction of sp³-hybridized carbons (Fsp3) is 0.458. The highest BCUT2D eigenvalue weighted by molar-refractivity contribution is 5.89. The maximum atomic E-state index is 12.2. The molecule has 1 heterocycles. The number of hydrogen-bond acceptors (Lipinski definition) is 3. The van der Waals surface area contributed by atoms with Gasteiger partial charge in [-0.05, 0) is 93.1 Å². The summed E-state index contributed by atoms with van der Waals surface area (Å²) in [6.45, 7) is 8.07. The van der Waals surface area contributed by atoms with E-state index in [4.69, 9.17) is 4.74 Å². The van der Waals surface area contributed by atoms with Gasteiger partial charge in [-0.25, -0.2) is 4.79 Å². The molecule has 0 unspecified atom stereocenters. The van der Waals surface area contributed by atoms with E-state index in [1.807, 2.05) is 32.0 Å². The molecule has 2 aromatic carbocycles. The van der Waals surface area contributed by atoms with Crippen LogP contribution < -0.4 is 15.4 Å². The Morgan fingerprint density at radius 1 is 1.10 bits per heavy atom. The quantitative estimate of drug-likeness (QED) is 0.731. The lowest BCUT2D eigenvalue weighted by atomic mass is 9.96. The molecule has 1 aliphatic rings. The topological polar surface area (TPSA) is 53.6 Å². The number of carbonyl (C=O) groups excluding carboxylic acids is 1. The molecule has 29 heavy (non-hydrogen) atoms. The number of aryl methyl sites for hydroxylation is 2. The molecule has 156 valence electrons. The molecular formula is C24H33N3O2. The summed E-state index contributed by atoms with van der Waals surface area (Å²) in [7, 11) is 1.71. The normalized spacial score (nSPS) is 15.1. The number of methoxy groups -OCH3 is 1. The lowest BCUT2D eigenvalue weighted by molar-refractivity contribution is 0.184. The molecule has 2 aromatic rings. The first kappa shape index (κ1) is 21.2. The average Bonchev–Trinajstić information content (AvgIpc) is 2.71. The molecule has 3 rings (SSSR count). The molecule has 0 bridgehead atoms. The number of hydrogen-bond donors (Lipinski definition) is 2. The van der Waals surface area contributed by atoms with E-state index in [2.05, 4.69) is 39.8 Å². The molecule has 2 N–H and O–H groups in total. The van der Waals surface area contributed by atoms with Gasteiger partial charge in [-0.2, -0.15) is 0 Å². The van der Waals surface area contributed by atoms with Gasteiger partial charge in [-0.15, -0.1) is 0 Å². The fourth-order valence-corrected chi connectivity index (χ4v) is 3.99. The van der Waals surface area contributed by atoms with Crippen LogP contribution in [0.1, 0.15) is 29.5 Å². The van der Waals surface area contributed by atoms with Crippen molar-refractivity contribution in [2.75, 3.05) is 38.6 Å². The number of benzene rings is 2. The summed E-state index contributed by atoms with van der Waals surface area (Å²) in [5.74, 6) is 1.47. The highest BCUT2D eigenvalue weighted by Gasteiger charge is 2.19. The number of piperidine rings is 1. The lowest BCUT2D eigenvalue weighted by Crippen LogP contribution is -2.40. The number of rotatable bonds is 7. The van der Waals surface area contributed by atoms with Crippen molar-refractivity contribution in [1.29, 1.82) is 0 Å². The maximum absolute atomic E-state index is 12.2. The van der Waals surface area contributed by atoms with Gasteiger partial charge in [-0.1, -0.05) is 18.2 Å². The molecule has 0 spiro atoms. The van der Waals surface area contributed by atoms with Gasteiger partial charge in [0.1, 0.15) is 5.75 Å². The van der Waals surface area contributed by atoms with Crippen LogP contribution in [0.25, 0.3) is 0 Å². The maximum Gasteiger partial charge on any atom is 0.319 e. The molecule has 0 aliphatic carbocycles. The van der Waals surface area contributed by atoms with Gasteiger partial charge in [0.15, 0.2) is 0 Å². The van der Waals surface area contributed by atoms with Crippen molar-refractivity contribution in [3.05, 3.63) is 59.2 Å². The van der Waals surface area contributed by atoms with Crippen molar-refractivity contribution in [3.63, 3.8) is 0 Å². The van der Waals surface area contributed by atoms with Crippen LogP contribution in [0.3, 0.4) is 0 Å². The number of amides is 2. The van der Waals surface area contributed by atoms with Crippen LogP contribution in [0, 0.1) is 19.8 Å². The summed E-state index contributed by atoms with van der Waals surface area (Å²) in [5.41, 5.74) is 4.48. The SMILES string of the molecule is COc1cccc(CCN2CCC(CNC(=O)Nc3cc(C)cc(C)c3)CC2)c1. The van der Waals surface area contributed by atoms with Crippen LogP contribution in [0.4, 0.5) is 10.5 Å². The van der Waals surface area contributed by atoms with Crippen molar-refractivity contribution < 1.29 is 9.53 Å². The molecule has 5 heteroatoms. The third-order valence-corrected chi connectivity index (χ3v) is 5.59. The number of ether oxygens (including phenoxy) is 1. The Bertz CT molecular complexity index is 793. The van der Waals surface area contributed by atoms with E-state index >= 15 is 0 Å². The summed E-state index contributed by atoms with van der Waals surface area (Å²) in [6, 6.07) is 14.3. The average molecular weight is 396 g/mol. The van der Waals surface area contributed by atoms with Crippen molar-refractivity contribution in [1.82, 2.24) is 10.2 Å². The van der Waals surface area contributed by atoms with Gasteiger partial charge in [0, 0.05) is 18.8 Å². The van der Waals surface area contributed by atoms with E-state index < -0.39 is 0 Å². The summed E-state index contributed by atoms with van der Waals surface area (Å²) in [6.07, 6.45) is 3.29. The van der Waals surface area contributed by atoms with Gasteiger partial charge in [0.2, 0.25) is 0 Å². The van der Waals surface area contributed by atoms with Crippen LogP contribution in [-0.2, 0) is 6.42 Å². The number of nitrogens with zero attached hydrogens (tertiary/aromatic N) is 1. The highest BCUT2D eigenvalue weighted by Crippen LogP contribution is 2.18. The zero-order valence-electron chi connectivity index (χ0n) is 17.8. The Balaban J connectivity index is 1.35. The minimum atomic E-state index is -0.115. The number of carbonyl (C=O) groups is 1. The van der Waals surface area contributed by atoms with Gasteiger partial charge in [0.05, 0.1) is 7.11 Å². The molecule has 0 aromatic heterocycles. The predicted molar refractivity (Wildman–Crippen MR) is 119 cm³/mol. The predicted octanol–water partition coefficient (Wildman–Crippen LogP) is 4.39. The molecule has 0 saturated carbocycles. The first-order chi connectivity index (χ1) is 14.0. The van der Waals surface area contributed by atoms with E-state index in [9.17, 15) is 4.79 Å². The summed E-state index contributed by atoms with van der Waals surface area (Å²) in [4.78, 5) is 14.7. The van der Waals surface area contributed by atoms with E-state index in [1.165, 1.54) is 5.56 Å². The van der Waals surface area contributed by atoms with Gasteiger partial charge >= 0.3 is 6.03 Å². The Morgan fingerprint density at radius 3 is 2.52 bits per heavy atom. The first-order valence-corrected chi connectivity index (χ1v) is 10.5. The first-order valence-electron chi connectivity index (χ1n) is 10.5. The van der Waals surface area contributed by atoms with E-state index in [1.54, 1.807) is 7.11 Å². The van der Waals surface area contributed by atoms with Crippen molar-refractivity contribution >= 4 is 11.7 Å². The van der Waals surface area contributed by atoms with Crippen LogP contribution >= 0.6 is 0 Å². The van der Waals surface area contributed by atoms with Gasteiger partial charge in [0.25, 0.3) is 0 Å². The van der Waals surface area contributed by atoms with E-state index in [-0.39, 0.29) is 6.03 Å². The minimum absolute atomic E-state index is 0.115. The number of nitrogens with one attached hydrogen (secondary N) is 2. The van der Waals surface area contributed by atoms with Crippen LogP contribution in [0.2, 0.25) is 0 Å². The lowest BCUT2D eigenvalue weighted by Gasteiger charge is -2.32. The van der Waals surface area contributed by atoms with E-state index in [0.29, 0.717) is 5.92 Å². The Kier molecular flexibility index (Phi) is 7.53. The number of anilines is 1. The Morgan fingerprint density at radius 2 is 1.83 bits per heavy atom. The molecule has 5 nitrogen and oxygen atoms in total. The smallest absolute Gasteiger partial charge is 0.319 e. The molecule has 2 amide bonds. The molecule has 1 saturated heterocycles. The Labute approximate surface area is 174 Å².